The molecule has 3 rings (SSSR count). The number of rotatable bonds is 5. The summed E-state index contributed by atoms with van der Waals surface area (Å²) in [5.41, 5.74) is 6.12. The van der Waals surface area contributed by atoms with E-state index in [9.17, 15) is 14.4 Å². The van der Waals surface area contributed by atoms with Crippen molar-refractivity contribution in [1.29, 1.82) is 0 Å². The number of aromatic nitrogens is 2. The van der Waals surface area contributed by atoms with Crippen molar-refractivity contribution in [3.63, 3.8) is 0 Å². The number of fused-ring (bicyclic) bond motifs is 1. The molecular weight excluding hydrogens is 340 g/mol. The number of unbranched alkanes of at least 4 members (excludes halogenated alkanes) is 1. The topological polar surface area (TPSA) is 101 Å². The summed E-state index contributed by atoms with van der Waals surface area (Å²) in [4.78, 5) is 42.4. The zero-order valence-electron chi connectivity index (χ0n) is 14.4. The lowest BCUT2D eigenvalue weighted by Gasteiger charge is -2.19. The predicted molar refractivity (Wildman–Crippen MR) is 99.7 cm³/mol. The minimum absolute atomic E-state index is 0.0225. The Kier molecular flexibility index (Phi) is 4.80. The molecule has 1 amide bonds. The van der Waals surface area contributed by atoms with Crippen LogP contribution in [0.25, 0.3) is 0 Å². The number of carbonyl (C=O) groups excluding carboxylic acids is 1. The van der Waals surface area contributed by atoms with Gasteiger partial charge in [-0.05, 0) is 37.3 Å². The van der Waals surface area contributed by atoms with Crippen molar-refractivity contribution >= 4 is 28.7 Å². The van der Waals surface area contributed by atoms with Gasteiger partial charge in [-0.15, -0.1) is 11.3 Å². The van der Waals surface area contributed by atoms with Gasteiger partial charge in [0.15, 0.2) is 5.69 Å². The first-order valence-electron chi connectivity index (χ1n) is 8.46. The van der Waals surface area contributed by atoms with Gasteiger partial charge in [-0.3, -0.25) is 19.1 Å². The van der Waals surface area contributed by atoms with Crippen molar-refractivity contribution in [1.82, 2.24) is 9.55 Å². The van der Waals surface area contributed by atoms with Crippen LogP contribution in [-0.2, 0) is 19.4 Å². The lowest BCUT2D eigenvalue weighted by Crippen LogP contribution is -2.39. The van der Waals surface area contributed by atoms with Crippen LogP contribution in [0.5, 0.6) is 0 Å². The van der Waals surface area contributed by atoms with Crippen molar-refractivity contribution < 1.29 is 4.79 Å². The van der Waals surface area contributed by atoms with Crippen LogP contribution in [0.1, 0.15) is 46.3 Å². The monoisotopic (exact) mass is 362 g/mol. The maximum Gasteiger partial charge on any atom is 0.330 e. The van der Waals surface area contributed by atoms with Crippen LogP contribution in [-0.4, -0.2) is 22.5 Å². The van der Waals surface area contributed by atoms with E-state index in [1.807, 2.05) is 13.0 Å². The standard InChI is InChI=1S/C17H22N4O3S/c1-3-4-8-21-14(18)13(15(22)19-17(21)24)20(2)16(23)12-9-10-6-5-7-11(10)25-12/h9H,3-8,18H2,1-2H3,(H,19,22,24). The molecule has 2 heterocycles. The number of hydrogen-bond acceptors (Lipinski definition) is 5. The molecule has 1 aliphatic carbocycles. The molecule has 0 bridgehead atoms. The molecule has 25 heavy (non-hydrogen) atoms. The molecule has 0 radical (unpaired) electrons. The highest BCUT2D eigenvalue weighted by Crippen LogP contribution is 2.31. The summed E-state index contributed by atoms with van der Waals surface area (Å²) in [5, 5.41) is 0. The smallest absolute Gasteiger partial charge is 0.330 e. The largest absolute Gasteiger partial charge is 0.383 e. The Morgan fingerprint density at radius 1 is 1.40 bits per heavy atom. The number of carbonyl (C=O) groups is 1. The second kappa shape index (κ2) is 6.87. The Hall–Kier alpha value is -2.35. The Labute approximate surface area is 149 Å². The Balaban J connectivity index is 1.98. The first-order chi connectivity index (χ1) is 11.9. The van der Waals surface area contributed by atoms with Crippen LogP contribution in [0.2, 0.25) is 0 Å². The van der Waals surface area contributed by atoms with Crippen LogP contribution in [0.3, 0.4) is 0 Å². The molecule has 0 atom stereocenters. The van der Waals surface area contributed by atoms with Crippen LogP contribution in [0, 0.1) is 0 Å². The van der Waals surface area contributed by atoms with E-state index in [0.29, 0.717) is 11.4 Å². The van der Waals surface area contributed by atoms with Crippen molar-refractivity contribution in [3.8, 4) is 0 Å². The number of thiophene rings is 1. The molecule has 2 aromatic rings. The van der Waals surface area contributed by atoms with Crippen molar-refractivity contribution in [2.45, 2.75) is 45.6 Å². The van der Waals surface area contributed by atoms with Crippen LogP contribution in [0.4, 0.5) is 11.5 Å². The number of aryl methyl sites for hydroxylation is 2. The van der Waals surface area contributed by atoms with Crippen LogP contribution >= 0.6 is 11.3 Å². The second-order valence-electron chi connectivity index (χ2n) is 6.28. The van der Waals surface area contributed by atoms with Gasteiger partial charge in [0.2, 0.25) is 0 Å². The Bertz CT molecular complexity index is 903. The zero-order chi connectivity index (χ0) is 18.1. The average Bonchev–Trinajstić information content (AvgIpc) is 3.15. The fourth-order valence-corrected chi connectivity index (χ4v) is 4.37. The molecule has 1 aliphatic rings. The molecular formula is C17H22N4O3S. The van der Waals surface area contributed by atoms with Gasteiger partial charge >= 0.3 is 5.69 Å². The lowest BCUT2D eigenvalue weighted by molar-refractivity contribution is 0.0996. The van der Waals surface area contributed by atoms with Crippen molar-refractivity contribution in [2.24, 2.45) is 0 Å². The minimum Gasteiger partial charge on any atom is -0.383 e. The van der Waals surface area contributed by atoms with Crippen molar-refractivity contribution in [3.05, 3.63) is 42.2 Å². The molecule has 8 heteroatoms. The number of nitrogens with zero attached hydrogens (tertiary/aromatic N) is 2. The SMILES string of the molecule is CCCCn1c(N)c(N(C)C(=O)c2cc3c(s2)CCC3)c(=O)[nH]c1=O. The summed E-state index contributed by atoms with van der Waals surface area (Å²) in [6, 6.07) is 1.91. The van der Waals surface area contributed by atoms with Gasteiger partial charge in [0.1, 0.15) is 5.82 Å². The van der Waals surface area contributed by atoms with E-state index in [2.05, 4.69) is 4.98 Å². The molecule has 0 spiro atoms. The number of hydrogen-bond donors (Lipinski definition) is 2. The number of nitrogens with two attached hydrogens (primary N) is 1. The second-order valence-corrected chi connectivity index (χ2v) is 7.41. The number of H-pyrrole nitrogens is 1. The summed E-state index contributed by atoms with van der Waals surface area (Å²) in [5.74, 6) is -0.251. The van der Waals surface area contributed by atoms with Gasteiger partial charge in [0.25, 0.3) is 11.5 Å². The van der Waals surface area contributed by atoms with E-state index in [0.717, 1.165) is 32.1 Å². The van der Waals surface area contributed by atoms with E-state index in [1.54, 1.807) is 0 Å². The quantitative estimate of drug-likeness (QED) is 0.846. The highest BCUT2D eigenvalue weighted by Gasteiger charge is 2.25. The third kappa shape index (κ3) is 3.13. The minimum atomic E-state index is -0.643. The predicted octanol–water partition coefficient (Wildman–Crippen LogP) is 1.75. The molecule has 0 fully saturated rings. The van der Waals surface area contributed by atoms with Gasteiger partial charge in [-0.25, -0.2) is 4.79 Å². The number of aromatic amines is 1. The first kappa shape index (κ1) is 17.5. The van der Waals surface area contributed by atoms with E-state index in [4.69, 9.17) is 5.73 Å². The van der Waals surface area contributed by atoms with E-state index in [-0.39, 0.29) is 17.4 Å². The van der Waals surface area contributed by atoms with Crippen molar-refractivity contribution in [2.75, 3.05) is 17.7 Å². The number of amides is 1. The average molecular weight is 362 g/mol. The van der Waals surface area contributed by atoms with Crippen LogP contribution in [0.15, 0.2) is 15.7 Å². The highest BCUT2D eigenvalue weighted by atomic mass is 32.1. The lowest BCUT2D eigenvalue weighted by atomic mass is 10.2. The Morgan fingerprint density at radius 2 is 2.16 bits per heavy atom. The third-order valence-electron chi connectivity index (χ3n) is 4.55. The number of nitrogens with one attached hydrogen (secondary N) is 1. The zero-order valence-corrected chi connectivity index (χ0v) is 15.2. The maximum absolute atomic E-state index is 12.8. The fourth-order valence-electron chi connectivity index (χ4n) is 3.14. The van der Waals surface area contributed by atoms with E-state index in [1.165, 1.54) is 38.3 Å². The molecule has 3 N–H and O–H groups in total. The third-order valence-corrected chi connectivity index (χ3v) is 5.77. The molecule has 134 valence electrons. The first-order valence-corrected chi connectivity index (χ1v) is 9.28. The number of anilines is 2. The van der Waals surface area contributed by atoms with Gasteiger partial charge in [0, 0.05) is 18.5 Å². The van der Waals surface area contributed by atoms with Crippen LogP contribution < -0.4 is 21.9 Å². The number of nitrogen functional groups attached to an aromatic ring is 1. The van der Waals surface area contributed by atoms with Gasteiger partial charge < -0.3 is 10.6 Å². The normalized spacial score (nSPS) is 13.0. The summed E-state index contributed by atoms with van der Waals surface area (Å²) < 4.78 is 1.32. The molecule has 2 aromatic heterocycles. The fraction of sp³-hybridized carbons (Fsp3) is 0.471. The molecule has 0 saturated heterocycles. The van der Waals surface area contributed by atoms with Gasteiger partial charge in [0.05, 0.1) is 4.88 Å². The summed E-state index contributed by atoms with van der Waals surface area (Å²) in [6.07, 6.45) is 4.76. The van der Waals surface area contributed by atoms with E-state index < -0.39 is 11.2 Å². The highest BCUT2D eigenvalue weighted by molar-refractivity contribution is 7.14. The van der Waals surface area contributed by atoms with Gasteiger partial charge in [-0.2, -0.15) is 0 Å². The summed E-state index contributed by atoms with van der Waals surface area (Å²) in [6.45, 7) is 2.40. The molecule has 7 nitrogen and oxygen atoms in total. The molecule has 0 unspecified atom stereocenters. The Morgan fingerprint density at radius 3 is 2.84 bits per heavy atom. The summed E-state index contributed by atoms with van der Waals surface area (Å²) in [7, 11) is 1.52. The molecule has 0 aromatic carbocycles. The molecule has 0 saturated carbocycles. The van der Waals surface area contributed by atoms with Gasteiger partial charge in [-0.1, -0.05) is 13.3 Å². The van der Waals surface area contributed by atoms with E-state index >= 15 is 0 Å². The maximum atomic E-state index is 12.8. The molecule has 0 aliphatic heterocycles. The summed E-state index contributed by atoms with van der Waals surface area (Å²) >= 11 is 1.47.